The highest BCUT2D eigenvalue weighted by molar-refractivity contribution is 5.58. The Hall–Kier alpha value is -3.76. The van der Waals surface area contributed by atoms with Crippen LogP contribution in [0.25, 0.3) is 10.9 Å². The summed E-state index contributed by atoms with van der Waals surface area (Å²) in [5.74, 6) is 0.636. The maximum Gasteiger partial charge on any atom is 0.265 e. The van der Waals surface area contributed by atoms with Gasteiger partial charge in [-0.2, -0.15) is 0 Å². The number of benzene rings is 2. The standard InChI is InChI=1S/C27H27N3O/c1-5-30(6-2)24-15-12-21(13-16-24)14-17-25-18-22(26(20-28)29-4)19-27(3,31-25)23-10-8-7-9-11-23/h7-18H,5-6,19H2,1-3H3/b17-14+,26-22+. The Morgan fingerprint density at radius 1 is 1.13 bits per heavy atom. The van der Waals surface area contributed by atoms with Crippen molar-refractivity contribution in [1.29, 1.82) is 5.26 Å². The molecule has 0 fully saturated rings. The molecule has 4 nitrogen and oxygen atoms in total. The number of ether oxygens (including phenoxy) is 1. The van der Waals surface area contributed by atoms with E-state index in [0.29, 0.717) is 17.8 Å². The quantitative estimate of drug-likeness (QED) is 0.406. The molecule has 0 radical (unpaired) electrons. The van der Waals surface area contributed by atoms with Crippen LogP contribution in [0.15, 0.2) is 83.8 Å². The minimum Gasteiger partial charge on any atom is -0.483 e. The molecule has 0 bridgehead atoms. The summed E-state index contributed by atoms with van der Waals surface area (Å²) >= 11 is 0. The predicted octanol–water partition coefficient (Wildman–Crippen LogP) is 6.46. The molecule has 0 saturated heterocycles. The molecule has 156 valence electrons. The van der Waals surface area contributed by atoms with E-state index in [1.54, 1.807) is 0 Å². The highest BCUT2D eigenvalue weighted by atomic mass is 16.5. The maximum atomic E-state index is 9.41. The molecule has 2 aromatic carbocycles. The molecule has 1 atom stereocenters. The van der Waals surface area contributed by atoms with Crippen LogP contribution in [0.5, 0.6) is 0 Å². The van der Waals surface area contributed by atoms with Crippen LogP contribution < -0.4 is 4.90 Å². The highest BCUT2D eigenvalue weighted by Crippen LogP contribution is 2.40. The molecule has 1 unspecified atom stereocenters. The molecule has 0 spiro atoms. The van der Waals surface area contributed by atoms with Crippen molar-refractivity contribution in [2.45, 2.75) is 32.8 Å². The molecule has 1 aliphatic heterocycles. The maximum absolute atomic E-state index is 9.41. The van der Waals surface area contributed by atoms with Gasteiger partial charge in [-0.1, -0.05) is 48.5 Å². The number of allylic oxidation sites excluding steroid dienone is 3. The Labute approximate surface area is 185 Å². The number of hydrogen-bond donors (Lipinski definition) is 0. The molecular formula is C27H27N3O. The third kappa shape index (κ3) is 5.05. The van der Waals surface area contributed by atoms with Crippen molar-refractivity contribution in [2.75, 3.05) is 18.0 Å². The summed E-state index contributed by atoms with van der Waals surface area (Å²) < 4.78 is 6.37. The van der Waals surface area contributed by atoms with E-state index in [1.807, 2.05) is 61.6 Å². The predicted molar refractivity (Wildman–Crippen MR) is 126 cm³/mol. The van der Waals surface area contributed by atoms with E-state index in [-0.39, 0.29) is 5.70 Å². The lowest BCUT2D eigenvalue weighted by molar-refractivity contribution is 0.0143. The lowest BCUT2D eigenvalue weighted by Gasteiger charge is -2.36. The van der Waals surface area contributed by atoms with Crippen LogP contribution in [-0.4, -0.2) is 13.1 Å². The van der Waals surface area contributed by atoms with Gasteiger partial charge in [-0.25, -0.2) is 10.1 Å². The number of hydrogen-bond acceptors (Lipinski definition) is 3. The van der Waals surface area contributed by atoms with E-state index in [9.17, 15) is 5.26 Å². The van der Waals surface area contributed by atoms with Crippen molar-refractivity contribution in [3.8, 4) is 6.07 Å². The van der Waals surface area contributed by atoms with Gasteiger partial charge >= 0.3 is 0 Å². The van der Waals surface area contributed by atoms with Gasteiger partial charge in [-0.3, -0.25) is 0 Å². The first kappa shape index (κ1) is 21.9. The van der Waals surface area contributed by atoms with E-state index >= 15 is 0 Å². The van der Waals surface area contributed by atoms with E-state index in [1.165, 1.54) is 5.69 Å². The number of nitriles is 1. The van der Waals surface area contributed by atoms with E-state index in [2.05, 4.69) is 47.9 Å². The van der Waals surface area contributed by atoms with Gasteiger partial charge < -0.3 is 9.64 Å². The van der Waals surface area contributed by atoms with Crippen molar-refractivity contribution in [1.82, 2.24) is 0 Å². The SMILES string of the molecule is [C-]#[N+]/C(C#N)=C1C=C(/C=C/c2ccc(N(CC)CC)cc2)OC(C)(c2ccccc2)C\1. The summed E-state index contributed by atoms with van der Waals surface area (Å²) in [4.78, 5) is 5.73. The first-order chi connectivity index (χ1) is 15.0. The first-order valence-corrected chi connectivity index (χ1v) is 10.5. The Morgan fingerprint density at radius 2 is 1.81 bits per heavy atom. The zero-order chi connectivity index (χ0) is 22.3. The molecular weight excluding hydrogens is 382 g/mol. The van der Waals surface area contributed by atoms with Crippen molar-refractivity contribution < 1.29 is 4.74 Å². The summed E-state index contributed by atoms with van der Waals surface area (Å²) in [7, 11) is 0. The summed E-state index contributed by atoms with van der Waals surface area (Å²) in [6, 6.07) is 20.4. The van der Waals surface area contributed by atoms with Gasteiger partial charge in [-0.15, -0.1) is 0 Å². The van der Waals surface area contributed by atoms with Crippen LogP contribution in [0.1, 0.15) is 38.3 Å². The molecule has 0 saturated carbocycles. The zero-order valence-corrected chi connectivity index (χ0v) is 18.3. The van der Waals surface area contributed by atoms with E-state index in [0.717, 1.165) is 24.2 Å². The smallest absolute Gasteiger partial charge is 0.265 e. The minimum absolute atomic E-state index is 0.111. The molecule has 0 amide bonds. The highest BCUT2D eigenvalue weighted by Gasteiger charge is 2.34. The van der Waals surface area contributed by atoms with Crippen LogP contribution in [0, 0.1) is 17.9 Å². The molecule has 31 heavy (non-hydrogen) atoms. The first-order valence-electron chi connectivity index (χ1n) is 10.5. The second-order valence-electron chi connectivity index (χ2n) is 7.62. The number of nitrogens with zero attached hydrogens (tertiary/aromatic N) is 3. The normalized spacial score (nSPS) is 19.7. The summed E-state index contributed by atoms with van der Waals surface area (Å²) in [6.45, 7) is 15.6. The third-order valence-electron chi connectivity index (χ3n) is 5.56. The topological polar surface area (TPSA) is 40.6 Å². The van der Waals surface area contributed by atoms with Crippen molar-refractivity contribution in [3.05, 3.63) is 106 Å². The summed E-state index contributed by atoms with van der Waals surface area (Å²) in [5, 5.41) is 9.41. The molecule has 0 aliphatic carbocycles. The molecule has 4 heteroatoms. The largest absolute Gasteiger partial charge is 0.483 e. The lowest BCUT2D eigenvalue weighted by atomic mass is 9.85. The van der Waals surface area contributed by atoms with Gasteiger partial charge in [0.25, 0.3) is 5.70 Å². The van der Waals surface area contributed by atoms with Gasteiger partial charge in [-0.05, 0) is 61.8 Å². The number of anilines is 1. The summed E-state index contributed by atoms with van der Waals surface area (Å²) in [6.07, 6.45) is 6.18. The van der Waals surface area contributed by atoms with Gasteiger partial charge in [0, 0.05) is 25.2 Å². The van der Waals surface area contributed by atoms with Gasteiger partial charge in [0.15, 0.2) is 0 Å². The summed E-state index contributed by atoms with van der Waals surface area (Å²) in [5.41, 5.74) is 3.44. The van der Waals surface area contributed by atoms with E-state index < -0.39 is 5.60 Å². The van der Waals surface area contributed by atoms with Crippen LogP contribution in [0.4, 0.5) is 5.69 Å². The second kappa shape index (κ2) is 9.83. The molecule has 3 rings (SSSR count). The molecule has 1 heterocycles. The van der Waals surface area contributed by atoms with Crippen molar-refractivity contribution in [3.63, 3.8) is 0 Å². The van der Waals surface area contributed by atoms with Crippen molar-refractivity contribution >= 4 is 11.8 Å². The van der Waals surface area contributed by atoms with Crippen LogP contribution in [-0.2, 0) is 10.3 Å². The molecule has 2 aromatic rings. The van der Waals surface area contributed by atoms with Crippen molar-refractivity contribution in [2.24, 2.45) is 0 Å². The average molecular weight is 410 g/mol. The lowest BCUT2D eigenvalue weighted by Crippen LogP contribution is -2.29. The van der Waals surface area contributed by atoms with Crippen LogP contribution in [0.3, 0.4) is 0 Å². The Balaban J connectivity index is 1.92. The Bertz CT molecular complexity index is 1060. The Morgan fingerprint density at radius 3 is 2.39 bits per heavy atom. The molecule has 1 aliphatic rings. The minimum atomic E-state index is -0.648. The fourth-order valence-corrected chi connectivity index (χ4v) is 3.83. The van der Waals surface area contributed by atoms with Crippen LogP contribution >= 0.6 is 0 Å². The van der Waals surface area contributed by atoms with Gasteiger partial charge in [0.2, 0.25) is 0 Å². The fourth-order valence-electron chi connectivity index (χ4n) is 3.83. The fraction of sp³-hybridized carbons (Fsp3) is 0.259. The Kier molecular flexibility index (Phi) is 6.96. The molecule has 0 aromatic heterocycles. The third-order valence-corrected chi connectivity index (χ3v) is 5.56. The van der Waals surface area contributed by atoms with Gasteiger partial charge in [0.1, 0.15) is 11.4 Å². The monoisotopic (exact) mass is 409 g/mol. The van der Waals surface area contributed by atoms with Gasteiger partial charge in [0.05, 0.1) is 12.6 Å². The zero-order valence-electron chi connectivity index (χ0n) is 18.3. The van der Waals surface area contributed by atoms with E-state index in [4.69, 9.17) is 11.3 Å². The average Bonchev–Trinajstić information content (AvgIpc) is 2.80. The molecule has 0 N–H and O–H groups in total. The number of rotatable bonds is 6. The van der Waals surface area contributed by atoms with Crippen LogP contribution in [0.2, 0.25) is 0 Å². The second-order valence-corrected chi connectivity index (χ2v) is 7.62.